The summed E-state index contributed by atoms with van der Waals surface area (Å²) in [5.74, 6) is 6.52. The Kier molecular flexibility index (Phi) is 4.70. The minimum absolute atomic E-state index is 0.517. The molecule has 0 amide bonds. The normalized spacial score (nSPS) is 19.4. The van der Waals surface area contributed by atoms with Gasteiger partial charge < -0.3 is 4.90 Å². The molecule has 0 aromatic heterocycles. The summed E-state index contributed by atoms with van der Waals surface area (Å²) in [6.45, 7) is 1.12. The summed E-state index contributed by atoms with van der Waals surface area (Å²) in [6, 6.07) is 0.517. The summed E-state index contributed by atoms with van der Waals surface area (Å²) < 4.78 is 0. The van der Waals surface area contributed by atoms with Crippen LogP contribution >= 0.6 is 0 Å². The Labute approximate surface area is 81.6 Å². The second-order valence-electron chi connectivity index (χ2n) is 4.48. The Balaban J connectivity index is 2.02. The Morgan fingerprint density at radius 1 is 1.38 bits per heavy atom. The van der Waals surface area contributed by atoms with E-state index in [1.54, 1.807) is 0 Å². The van der Waals surface area contributed by atoms with E-state index in [0.29, 0.717) is 6.04 Å². The summed E-state index contributed by atoms with van der Waals surface area (Å²) in [4.78, 5) is 2.21. The van der Waals surface area contributed by atoms with E-state index >= 15 is 0 Å². The van der Waals surface area contributed by atoms with E-state index in [9.17, 15) is 0 Å². The van der Waals surface area contributed by atoms with Crippen LogP contribution in [0.1, 0.15) is 32.1 Å². The van der Waals surface area contributed by atoms with Crippen LogP contribution in [0.3, 0.4) is 0 Å². The standard InChI is InChI=1S/C10H23N3/c1-13(2)8-7-10(12-11)6-5-9-3-4-9/h9-10,12H,3-8,11H2,1-2H3. The van der Waals surface area contributed by atoms with Gasteiger partial charge in [0.25, 0.3) is 0 Å². The molecular formula is C10H23N3. The van der Waals surface area contributed by atoms with Gasteiger partial charge in [-0.05, 0) is 45.8 Å². The lowest BCUT2D eigenvalue weighted by Gasteiger charge is -2.18. The van der Waals surface area contributed by atoms with E-state index in [1.807, 2.05) is 0 Å². The molecule has 0 saturated heterocycles. The predicted octanol–water partition coefficient (Wildman–Crippen LogP) is 0.960. The highest BCUT2D eigenvalue weighted by Gasteiger charge is 2.22. The first-order valence-electron chi connectivity index (χ1n) is 5.33. The second-order valence-corrected chi connectivity index (χ2v) is 4.48. The first kappa shape index (κ1) is 11.0. The molecule has 1 unspecified atom stereocenters. The zero-order chi connectivity index (χ0) is 9.68. The zero-order valence-electron chi connectivity index (χ0n) is 8.92. The molecule has 0 bridgehead atoms. The van der Waals surface area contributed by atoms with Crippen LogP contribution in [0.2, 0.25) is 0 Å². The fourth-order valence-electron chi connectivity index (χ4n) is 1.57. The molecule has 13 heavy (non-hydrogen) atoms. The van der Waals surface area contributed by atoms with Gasteiger partial charge in [0.15, 0.2) is 0 Å². The van der Waals surface area contributed by atoms with Gasteiger partial charge in [0.1, 0.15) is 0 Å². The van der Waals surface area contributed by atoms with Crippen molar-refractivity contribution < 1.29 is 0 Å². The number of hydrazine groups is 1. The van der Waals surface area contributed by atoms with Gasteiger partial charge in [0.2, 0.25) is 0 Å². The van der Waals surface area contributed by atoms with Crippen LogP contribution in [0.5, 0.6) is 0 Å². The second kappa shape index (κ2) is 5.58. The highest BCUT2D eigenvalue weighted by molar-refractivity contribution is 4.76. The van der Waals surface area contributed by atoms with Crippen LogP contribution in [0.25, 0.3) is 0 Å². The Bertz CT molecular complexity index is 126. The lowest BCUT2D eigenvalue weighted by atomic mass is 10.1. The largest absolute Gasteiger partial charge is 0.309 e. The molecule has 1 aliphatic rings. The molecule has 1 atom stereocenters. The van der Waals surface area contributed by atoms with Crippen molar-refractivity contribution in [3.8, 4) is 0 Å². The molecule has 0 aliphatic heterocycles. The molecule has 3 nitrogen and oxygen atoms in total. The number of nitrogens with two attached hydrogens (primary N) is 1. The summed E-state index contributed by atoms with van der Waals surface area (Å²) in [5.41, 5.74) is 2.91. The minimum Gasteiger partial charge on any atom is -0.309 e. The third kappa shape index (κ3) is 5.24. The van der Waals surface area contributed by atoms with E-state index in [2.05, 4.69) is 24.4 Å². The van der Waals surface area contributed by atoms with Crippen molar-refractivity contribution in [3.05, 3.63) is 0 Å². The SMILES string of the molecule is CN(C)CCC(CCC1CC1)NN. The molecular weight excluding hydrogens is 162 g/mol. The highest BCUT2D eigenvalue weighted by atomic mass is 15.2. The van der Waals surface area contributed by atoms with E-state index < -0.39 is 0 Å². The molecule has 78 valence electrons. The highest BCUT2D eigenvalue weighted by Crippen LogP contribution is 2.33. The van der Waals surface area contributed by atoms with Gasteiger partial charge >= 0.3 is 0 Å². The van der Waals surface area contributed by atoms with Gasteiger partial charge in [0.05, 0.1) is 0 Å². The molecule has 0 radical (unpaired) electrons. The summed E-state index contributed by atoms with van der Waals surface area (Å²) in [7, 11) is 4.21. The summed E-state index contributed by atoms with van der Waals surface area (Å²) in [5, 5.41) is 0. The Morgan fingerprint density at radius 3 is 2.54 bits per heavy atom. The zero-order valence-corrected chi connectivity index (χ0v) is 8.92. The summed E-state index contributed by atoms with van der Waals surface area (Å²) in [6.07, 6.45) is 6.67. The molecule has 3 heteroatoms. The van der Waals surface area contributed by atoms with Crippen LogP contribution in [0.15, 0.2) is 0 Å². The lowest BCUT2D eigenvalue weighted by Crippen LogP contribution is -2.37. The third-order valence-corrected chi connectivity index (χ3v) is 2.78. The Hall–Kier alpha value is -0.120. The number of rotatable bonds is 7. The van der Waals surface area contributed by atoms with Crippen molar-refractivity contribution >= 4 is 0 Å². The molecule has 1 saturated carbocycles. The topological polar surface area (TPSA) is 41.3 Å². The van der Waals surface area contributed by atoms with Gasteiger partial charge in [-0.1, -0.05) is 12.8 Å². The molecule has 0 aromatic carbocycles. The molecule has 3 N–H and O–H groups in total. The van der Waals surface area contributed by atoms with Crippen LogP contribution < -0.4 is 11.3 Å². The minimum atomic E-state index is 0.517. The van der Waals surface area contributed by atoms with E-state index in [4.69, 9.17) is 5.84 Å². The molecule has 0 heterocycles. The average Bonchev–Trinajstić information content (AvgIpc) is 2.88. The Morgan fingerprint density at radius 2 is 2.08 bits per heavy atom. The van der Waals surface area contributed by atoms with Crippen LogP contribution in [-0.4, -0.2) is 31.6 Å². The molecule has 0 aromatic rings. The quantitative estimate of drug-likeness (QED) is 0.458. The van der Waals surface area contributed by atoms with Gasteiger partial charge in [-0.25, -0.2) is 0 Å². The predicted molar refractivity (Wildman–Crippen MR) is 56.2 cm³/mol. The maximum atomic E-state index is 5.50. The van der Waals surface area contributed by atoms with Crippen LogP contribution in [-0.2, 0) is 0 Å². The number of hydrogen-bond acceptors (Lipinski definition) is 3. The molecule has 0 spiro atoms. The maximum absolute atomic E-state index is 5.50. The molecule has 1 rings (SSSR count). The average molecular weight is 185 g/mol. The number of hydrogen-bond donors (Lipinski definition) is 2. The van der Waals surface area contributed by atoms with Crippen molar-refractivity contribution in [1.82, 2.24) is 10.3 Å². The van der Waals surface area contributed by atoms with Crippen molar-refractivity contribution in [2.24, 2.45) is 11.8 Å². The van der Waals surface area contributed by atoms with Crippen LogP contribution in [0.4, 0.5) is 0 Å². The molecule has 1 aliphatic carbocycles. The van der Waals surface area contributed by atoms with Gasteiger partial charge in [-0.3, -0.25) is 11.3 Å². The fraction of sp³-hybridized carbons (Fsp3) is 1.00. The van der Waals surface area contributed by atoms with Crippen molar-refractivity contribution in [2.75, 3.05) is 20.6 Å². The number of nitrogens with zero attached hydrogens (tertiary/aromatic N) is 1. The third-order valence-electron chi connectivity index (χ3n) is 2.78. The summed E-state index contributed by atoms with van der Waals surface area (Å²) >= 11 is 0. The lowest BCUT2D eigenvalue weighted by molar-refractivity contribution is 0.345. The monoisotopic (exact) mass is 185 g/mol. The van der Waals surface area contributed by atoms with Crippen molar-refractivity contribution in [3.63, 3.8) is 0 Å². The smallest absolute Gasteiger partial charge is 0.0222 e. The van der Waals surface area contributed by atoms with Gasteiger partial charge in [-0.2, -0.15) is 0 Å². The van der Waals surface area contributed by atoms with Gasteiger partial charge in [0, 0.05) is 6.04 Å². The fourth-order valence-corrected chi connectivity index (χ4v) is 1.57. The first-order valence-corrected chi connectivity index (χ1v) is 5.33. The first-order chi connectivity index (χ1) is 6.22. The van der Waals surface area contributed by atoms with E-state index in [1.165, 1.54) is 25.7 Å². The number of nitrogens with one attached hydrogen (secondary N) is 1. The van der Waals surface area contributed by atoms with Crippen LogP contribution in [0, 0.1) is 5.92 Å². The maximum Gasteiger partial charge on any atom is 0.0222 e. The van der Waals surface area contributed by atoms with Crippen molar-refractivity contribution in [1.29, 1.82) is 0 Å². The molecule has 1 fully saturated rings. The van der Waals surface area contributed by atoms with Crippen molar-refractivity contribution in [2.45, 2.75) is 38.1 Å². The van der Waals surface area contributed by atoms with E-state index in [-0.39, 0.29) is 0 Å². The van der Waals surface area contributed by atoms with E-state index in [0.717, 1.165) is 18.9 Å². The van der Waals surface area contributed by atoms with Gasteiger partial charge in [-0.15, -0.1) is 0 Å².